The van der Waals surface area contributed by atoms with Gasteiger partial charge in [-0.2, -0.15) is 0 Å². The van der Waals surface area contributed by atoms with Crippen LogP contribution < -0.4 is 10.5 Å². The van der Waals surface area contributed by atoms with Gasteiger partial charge < -0.3 is 25.2 Å². The number of nitrogens with two attached hydrogens (primary N) is 1. The van der Waals surface area contributed by atoms with E-state index in [0.29, 0.717) is 30.4 Å². The van der Waals surface area contributed by atoms with Crippen molar-refractivity contribution in [2.45, 2.75) is 20.1 Å². The lowest BCUT2D eigenvalue weighted by Crippen LogP contribution is -2.00. The van der Waals surface area contributed by atoms with E-state index in [9.17, 15) is 0 Å². The monoisotopic (exact) mass is 491 g/mol. The van der Waals surface area contributed by atoms with Crippen LogP contribution in [0.4, 0.5) is 5.69 Å². The maximum atomic E-state index is 6.38. The Hall–Kier alpha value is -4.76. The Morgan fingerprint density at radius 2 is 1.73 bits per heavy atom. The minimum absolute atomic E-state index is 0.387. The summed E-state index contributed by atoms with van der Waals surface area (Å²) in [5.74, 6) is 1.44. The molecular weight excluding hydrogens is 466 g/mol. The molecule has 0 spiro atoms. The predicted molar refractivity (Wildman–Crippen MR) is 143 cm³/mol. The number of H-pyrrole nitrogens is 2. The van der Waals surface area contributed by atoms with Crippen LogP contribution in [0, 0.1) is 6.92 Å². The Labute approximate surface area is 212 Å². The van der Waals surface area contributed by atoms with Crippen LogP contribution in [0.2, 0.25) is 0 Å². The summed E-state index contributed by atoms with van der Waals surface area (Å²) < 4.78 is 11.3. The number of rotatable bonds is 7. The van der Waals surface area contributed by atoms with Crippen LogP contribution in [-0.4, -0.2) is 37.0 Å². The first-order valence-electron chi connectivity index (χ1n) is 11.8. The third-order valence-corrected chi connectivity index (χ3v) is 6.29. The number of imidazole rings is 1. The second kappa shape index (κ2) is 9.36. The van der Waals surface area contributed by atoms with Crippen molar-refractivity contribution in [1.82, 2.24) is 29.9 Å². The van der Waals surface area contributed by atoms with Crippen LogP contribution in [0.3, 0.4) is 0 Å². The van der Waals surface area contributed by atoms with Gasteiger partial charge in [-0.1, -0.05) is 18.2 Å². The van der Waals surface area contributed by atoms with Gasteiger partial charge in [-0.25, -0.2) is 15.0 Å². The highest BCUT2D eigenvalue weighted by molar-refractivity contribution is 6.05. The molecule has 0 amide bonds. The van der Waals surface area contributed by atoms with Crippen LogP contribution in [0.5, 0.6) is 5.75 Å². The zero-order valence-corrected chi connectivity index (χ0v) is 20.4. The molecule has 2 aromatic carbocycles. The van der Waals surface area contributed by atoms with Gasteiger partial charge in [0.2, 0.25) is 0 Å². The van der Waals surface area contributed by atoms with E-state index in [1.54, 1.807) is 13.4 Å². The van der Waals surface area contributed by atoms with Crippen LogP contribution in [0.1, 0.15) is 17.0 Å². The number of methoxy groups -OCH3 is 1. The highest BCUT2D eigenvalue weighted by Gasteiger charge is 2.20. The first-order chi connectivity index (χ1) is 18.1. The number of ether oxygens (including phenoxy) is 2. The molecule has 0 aliphatic rings. The highest BCUT2D eigenvalue weighted by atomic mass is 16.5. The first kappa shape index (κ1) is 22.7. The van der Waals surface area contributed by atoms with E-state index >= 15 is 0 Å². The molecule has 4 aromatic heterocycles. The molecule has 0 atom stereocenters. The zero-order chi connectivity index (χ0) is 25.4. The Kier molecular flexibility index (Phi) is 5.74. The quantitative estimate of drug-likeness (QED) is 0.263. The number of pyridine rings is 1. The number of aromatic nitrogens is 6. The number of aromatic amines is 2. The summed E-state index contributed by atoms with van der Waals surface area (Å²) in [5, 5.41) is 0.923. The molecule has 184 valence electrons. The standard InChI is InChI=1S/C28H25N7O2/c1-16-34-26(27-28(35-16)33-15-32-27)20-10-18(14-37-13-17-6-8-19(36-2)9-7-17)11-31-25(20)21-12-30-23-5-3-4-22(29)24(21)23/h3-12,15,30H,13-14,29H2,1-2H3,(H,32,33,34,35). The van der Waals surface area contributed by atoms with Gasteiger partial charge in [0, 0.05) is 40.1 Å². The normalized spacial score (nSPS) is 11.4. The average molecular weight is 492 g/mol. The van der Waals surface area contributed by atoms with Crippen molar-refractivity contribution in [3.8, 4) is 28.3 Å². The third-order valence-electron chi connectivity index (χ3n) is 6.29. The molecule has 4 heterocycles. The molecule has 0 unspecified atom stereocenters. The molecule has 0 radical (unpaired) electrons. The fourth-order valence-electron chi connectivity index (χ4n) is 4.53. The highest BCUT2D eigenvalue weighted by Crippen LogP contribution is 2.38. The number of nitrogens with zero attached hydrogens (tertiary/aromatic N) is 4. The summed E-state index contributed by atoms with van der Waals surface area (Å²) in [4.78, 5) is 25.0. The molecule has 9 heteroatoms. The minimum Gasteiger partial charge on any atom is -0.497 e. The van der Waals surface area contributed by atoms with Crippen LogP contribution in [0.25, 0.3) is 44.6 Å². The number of hydrogen-bond donors (Lipinski definition) is 3. The summed E-state index contributed by atoms with van der Waals surface area (Å²) in [7, 11) is 1.65. The number of nitrogens with one attached hydrogen (secondary N) is 2. The second-order valence-electron chi connectivity index (χ2n) is 8.77. The number of anilines is 1. The van der Waals surface area contributed by atoms with E-state index in [1.807, 2.05) is 61.8 Å². The maximum absolute atomic E-state index is 6.38. The molecule has 37 heavy (non-hydrogen) atoms. The van der Waals surface area contributed by atoms with Crippen molar-refractivity contribution < 1.29 is 9.47 Å². The van der Waals surface area contributed by atoms with Crippen molar-refractivity contribution in [3.05, 3.63) is 84.2 Å². The van der Waals surface area contributed by atoms with E-state index in [2.05, 4.69) is 26.0 Å². The molecule has 6 rings (SSSR count). The molecule has 0 aliphatic heterocycles. The molecular formula is C28H25N7O2. The lowest BCUT2D eigenvalue weighted by atomic mass is 9.99. The van der Waals surface area contributed by atoms with Crippen molar-refractivity contribution >= 4 is 27.8 Å². The maximum Gasteiger partial charge on any atom is 0.181 e. The van der Waals surface area contributed by atoms with Gasteiger partial charge in [0.15, 0.2) is 5.65 Å². The topological polar surface area (TPSA) is 128 Å². The summed E-state index contributed by atoms with van der Waals surface area (Å²) in [5.41, 5.74) is 14.6. The van der Waals surface area contributed by atoms with E-state index in [1.165, 1.54) is 0 Å². The van der Waals surface area contributed by atoms with E-state index in [4.69, 9.17) is 25.2 Å². The molecule has 0 saturated carbocycles. The summed E-state index contributed by atoms with van der Waals surface area (Å²) in [6.45, 7) is 2.71. The van der Waals surface area contributed by atoms with Gasteiger partial charge >= 0.3 is 0 Å². The van der Waals surface area contributed by atoms with E-state index < -0.39 is 0 Å². The lowest BCUT2D eigenvalue weighted by molar-refractivity contribution is 0.107. The SMILES string of the molecule is COc1ccc(COCc2cnc(-c3c[nH]c4cccc(N)c34)c(-c3nc(C)nc4nc[nH]c34)c2)cc1. The Morgan fingerprint density at radius 1 is 0.892 bits per heavy atom. The van der Waals surface area contributed by atoms with Crippen LogP contribution >= 0.6 is 0 Å². The lowest BCUT2D eigenvalue weighted by Gasteiger charge is -2.13. The number of nitrogen functional groups attached to an aromatic ring is 1. The van der Waals surface area contributed by atoms with Gasteiger partial charge in [-0.05, 0) is 48.4 Å². The van der Waals surface area contributed by atoms with Crippen molar-refractivity contribution in [2.24, 2.45) is 0 Å². The van der Waals surface area contributed by atoms with Crippen molar-refractivity contribution in [3.63, 3.8) is 0 Å². The molecule has 0 saturated heterocycles. The van der Waals surface area contributed by atoms with Gasteiger partial charge in [-0.3, -0.25) is 4.98 Å². The van der Waals surface area contributed by atoms with Crippen molar-refractivity contribution in [1.29, 1.82) is 0 Å². The molecule has 0 fully saturated rings. The van der Waals surface area contributed by atoms with Gasteiger partial charge in [-0.15, -0.1) is 0 Å². The number of benzene rings is 2. The second-order valence-corrected chi connectivity index (χ2v) is 8.77. The smallest absolute Gasteiger partial charge is 0.181 e. The zero-order valence-electron chi connectivity index (χ0n) is 20.4. The summed E-state index contributed by atoms with van der Waals surface area (Å²) in [6, 6.07) is 15.7. The Morgan fingerprint density at radius 3 is 2.57 bits per heavy atom. The molecule has 4 N–H and O–H groups in total. The fraction of sp³-hybridized carbons (Fsp3) is 0.143. The largest absolute Gasteiger partial charge is 0.497 e. The van der Waals surface area contributed by atoms with Gasteiger partial charge in [0.05, 0.1) is 32.3 Å². The third kappa shape index (κ3) is 4.25. The van der Waals surface area contributed by atoms with Crippen LogP contribution in [0.15, 0.2) is 67.3 Å². The Bertz CT molecular complexity index is 1720. The number of fused-ring (bicyclic) bond motifs is 2. The number of aryl methyl sites for hydroxylation is 1. The van der Waals surface area contributed by atoms with Gasteiger partial charge in [0.25, 0.3) is 0 Å². The Balaban J connectivity index is 1.42. The number of hydrogen-bond acceptors (Lipinski definition) is 7. The summed E-state index contributed by atoms with van der Waals surface area (Å²) >= 11 is 0. The van der Waals surface area contributed by atoms with Crippen LogP contribution in [-0.2, 0) is 18.0 Å². The molecule has 0 bridgehead atoms. The molecule has 9 nitrogen and oxygen atoms in total. The van der Waals surface area contributed by atoms with E-state index in [0.717, 1.165) is 55.8 Å². The minimum atomic E-state index is 0.387. The summed E-state index contributed by atoms with van der Waals surface area (Å²) in [6.07, 6.45) is 5.40. The first-order valence-corrected chi connectivity index (χ1v) is 11.8. The van der Waals surface area contributed by atoms with Crippen molar-refractivity contribution in [2.75, 3.05) is 12.8 Å². The fourth-order valence-corrected chi connectivity index (χ4v) is 4.53. The van der Waals surface area contributed by atoms with Gasteiger partial charge in [0.1, 0.15) is 22.8 Å². The molecule has 6 aromatic rings. The molecule has 0 aliphatic carbocycles. The van der Waals surface area contributed by atoms with E-state index in [-0.39, 0.29) is 0 Å². The average Bonchev–Trinajstić information content (AvgIpc) is 3.56. The predicted octanol–water partition coefficient (Wildman–Crippen LogP) is 5.18.